The van der Waals surface area contributed by atoms with Crippen LogP contribution in [0.25, 0.3) is 0 Å². The Morgan fingerprint density at radius 2 is 1.36 bits per heavy atom. The summed E-state index contributed by atoms with van der Waals surface area (Å²) < 4.78 is 10.4. The zero-order valence-corrected chi connectivity index (χ0v) is 19.5. The lowest BCUT2D eigenvalue weighted by Crippen LogP contribution is -2.15. The molecule has 2 heteroatoms. The predicted molar refractivity (Wildman–Crippen MR) is 122 cm³/mol. The highest BCUT2D eigenvalue weighted by molar-refractivity contribution is 5.20. The fourth-order valence-corrected chi connectivity index (χ4v) is 4.89. The van der Waals surface area contributed by atoms with Gasteiger partial charge >= 0.3 is 0 Å². The molecule has 0 spiro atoms. The highest BCUT2D eigenvalue weighted by atomic mass is 16.6. The number of hydrogen-bond acceptors (Lipinski definition) is 2. The molecule has 5 atom stereocenters. The van der Waals surface area contributed by atoms with Crippen LogP contribution in [-0.4, -0.2) is 19.3 Å². The monoisotopic (exact) mass is 390 g/mol. The summed E-state index contributed by atoms with van der Waals surface area (Å²) in [7, 11) is 0. The molecule has 1 aromatic rings. The Labute approximate surface area is 175 Å². The molecule has 0 aromatic heterocycles. The van der Waals surface area contributed by atoms with E-state index in [0.29, 0.717) is 12.7 Å². The van der Waals surface area contributed by atoms with Gasteiger partial charge in [0.25, 0.3) is 0 Å². The smallest absolute Gasteiger partial charge is 0.119 e. The third kappa shape index (κ3) is 8.15. The van der Waals surface area contributed by atoms with Crippen molar-refractivity contribution in [3.63, 3.8) is 0 Å². The maximum atomic E-state index is 5.40. The fraction of sp³-hybridized carbons (Fsp3) is 0.769. The highest BCUT2D eigenvalue weighted by Gasteiger charge is 2.48. The molecule has 1 heterocycles. The van der Waals surface area contributed by atoms with Gasteiger partial charge in [0.1, 0.15) is 18.5 Å². The van der Waals surface area contributed by atoms with Crippen molar-refractivity contribution in [2.45, 2.75) is 92.6 Å². The number of ether oxygens (including phenoxy) is 2. The van der Waals surface area contributed by atoms with E-state index in [2.05, 4.69) is 13.8 Å². The van der Waals surface area contributed by atoms with Crippen molar-refractivity contribution in [2.75, 3.05) is 13.2 Å². The third-order valence-electron chi connectivity index (χ3n) is 5.93. The fourth-order valence-electron chi connectivity index (χ4n) is 4.89. The molecular weight excluding hydrogens is 344 g/mol. The van der Waals surface area contributed by atoms with Crippen molar-refractivity contribution in [1.29, 1.82) is 0 Å². The van der Waals surface area contributed by atoms with Gasteiger partial charge < -0.3 is 9.47 Å². The molecule has 4 fully saturated rings. The molecule has 0 radical (unpaired) electrons. The molecule has 3 saturated carbocycles. The van der Waals surface area contributed by atoms with Gasteiger partial charge in [-0.3, -0.25) is 0 Å². The van der Waals surface area contributed by atoms with Gasteiger partial charge in [0.05, 0.1) is 6.61 Å². The number of fused-ring (bicyclic) bond motifs is 5. The molecule has 1 aliphatic heterocycles. The van der Waals surface area contributed by atoms with Crippen LogP contribution in [-0.2, 0) is 4.74 Å². The number of rotatable bonds is 3. The summed E-state index contributed by atoms with van der Waals surface area (Å²) in [5.41, 5.74) is 0. The molecule has 2 bridgehead atoms. The molecule has 5 unspecified atom stereocenters. The Morgan fingerprint density at radius 1 is 0.857 bits per heavy atom. The van der Waals surface area contributed by atoms with E-state index in [1.807, 2.05) is 58.0 Å². The van der Waals surface area contributed by atoms with E-state index < -0.39 is 0 Å². The van der Waals surface area contributed by atoms with Crippen molar-refractivity contribution in [1.82, 2.24) is 0 Å². The first kappa shape index (κ1) is 25.0. The molecule has 1 saturated heterocycles. The average Bonchev–Trinajstić information content (AvgIpc) is 3.14. The number of epoxide rings is 1. The lowest BCUT2D eigenvalue weighted by Gasteiger charge is -2.23. The standard InChI is InChI=1S/C10H16.C9H10O2.C3H8.2C2H6/c1-2-9-7-4-5-8(6-7)10(9)3-1;1-2-4-8(5-3-1)10-6-9-7-11-9;1-3-2;2*1-2/h7-10H,1-6H2;1-5,9H,6-7H2;3H2,1-2H3;2*1-2H3. The minimum atomic E-state index is 0.343. The zero-order chi connectivity index (χ0) is 20.8. The lowest BCUT2D eigenvalue weighted by atomic mass is 9.82. The molecule has 3 aliphatic carbocycles. The molecular formula is C26H46O2. The molecule has 0 amide bonds. The lowest BCUT2D eigenvalue weighted by molar-refractivity contribution is 0.259. The Balaban J connectivity index is 0.000000214. The van der Waals surface area contributed by atoms with E-state index in [0.717, 1.165) is 12.4 Å². The summed E-state index contributed by atoms with van der Waals surface area (Å²) in [6.07, 6.45) is 11.1. The Morgan fingerprint density at radius 3 is 1.82 bits per heavy atom. The third-order valence-corrected chi connectivity index (χ3v) is 5.93. The first-order chi connectivity index (χ1) is 13.8. The molecule has 4 aliphatic rings. The Hall–Kier alpha value is -1.02. The molecule has 1 aromatic carbocycles. The Kier molecular flexibility index (Phi) is 13.3. The second kappa shape index (κ2) is 14.9. The predicted octanol–water partition coefficient (Wildman–Crippen LogP) is 7.77. The van der Waals surface area contributed by atoms with E-state index in [9.17, 15) is 0 Å². The van der Waals surface area contributed by atoms with Crippen LogP contribution >= 0.6 is 0 Å². The number of para-hydroxylation sites is 1. The number of benzene rings is 1. The summed E-state index contributed by atoms with van der Waals surface area (Å²) >= 11 is 0. The van der Waals surface area contributed by atoms with E-state index in [1.165, 1.54) is 30.1 Å². The van der Waals surface area contributed by atoms with Crippen molar-refractivity contribution in [3.05, 3.63) is 30.3 Å². The van der Waals surface area contributed by atoms with Crippen LogP contribution in [0.15, 0.2) is 30.3 Å². The van der Waals surface area contributed by atoms with Gasteiger partial charge in [0.15, 0.2) is 0 Å². The van der Waals surface area contributed by atoms with Crippen molar-refractivity contribution >= 4 is 0 Å². The topological polar surface area (TPSA) is 21.8 Å². The summed E-state index contributed by atoms with van der Waals surface area (Å²) in [6, 6.07) is 9.79. The summed E-state index contributed by atoms with van der Waals surface area (Å²) in [4.78, 5) is 0. The molecule has 162 valence electrons. The first-order valence-corrected chi connectivity index (χ1v) is 12.1. The second-order valence-corrected chi connectivity index (χ2v) is 7.88. The van der Waals surface area contributed by atoms with E-state index >= 15 is 0 Å². The summed E-state index contributed by atoms with van der Waals surface area (Å²) in [5, 5.41) is 0. The van der Waals surface area contributed by atoms with Crippen LogP contribution in [0.3, 0.4) is 0 Å². The van der Waals surface area contributed by atoms with Crippen LogP contribution < -0.4 is 4.74 Å². The van der Waals surface area contributed by atoms with Gasteiger partial charge in [0, 0.05) is 0 Å². The largest absolute Gasteiger partial charge is 0.491 e. The van der Waals surface area contributed by atoms with Crippen molar-refractivity contribution in [3.8, 4) is 5.75 Å². The van der Waals surface area contributed by atoms with Gasteiger partial charge in [-0.1, -0.05) is 72.6 Å². The SMILES string of the molecule is C1CC2C3CCC(C3)C2C1.CC.CC.CCC.c1ccc(OCC2CO2)cc1. The van der Waals surface area contributed by atoms with Gasteiger partial charge in [-0.05, 0) is 67.9 Å². The van der Waals surface area contributed by atoms with Crippen LogP contribution in [0, 0.1) is 23.7 Å². The van der Waals surface area contributed by atoms with Crippen molar-refractivity contribution < 1.29 is 9.47 Å². The highest BCUT2D eigenvalue weighted by Crippen LogP contribution is 2.58. The summed E-state index contributed by atoms with van der Waals surface area (Å²) in [5.74, 6) is 5.72. The quantitative estimate of drug-likeness (QED) is 0.492. The maximum Gasteiger partial charge on any atom is 0.119 e. The van der Waals surface area contributed by atoms with E-state index in [-0.39, 0.29) is 0 Å². The second-order valence-electron chi connectivity index (χ2n) is 7.88. The van der Waals surface area contributed by atoms with Gasteiger partial charge in [-0.25, -0.2) is 0 Å². The number of hydrogen-bond donors (Lipinski definition) is 0. The zero-order valence-electron chi connectivity index (χ0n) is 19.5. The van der Waals surface area contributed by atoms with Gasteiger partial charge in [0.2, 0.25) is 0 Å². The molecule has 2 nitrogen and oxygen atoms in total. The van der Waals surface area contributed by atoms with Crippen LogP contribution in [0.4, 0.5) is 0 Å². The molecule has 0 N–H and O–H groups in total. The minimum absolute atomic E-state index is 0.343. The van der Waals surface area contributed by atoms with Gasteiger partial charge in [-0.2, -0.15) is 0 Å². The first-order valence-electron chi connectivity index (χ1n) is 12.1. The maximum absolute atomic E-state index is 5.40. The van der Waals surface area contributed by atoms with Crippen LogP contribution in [0.5, 0.6) is 5.75 Å². The summed E-state index contributed by atoms with van der Waals surface area (Å²) in [6.45, 7) is 13.8. The Bertz CT molecular complexity index is 453. The van der Waals surface area contributed by atoms with E-state index in [1.54, 1.807) is 38.5 Å². The average molecular weight is 391 g/mol. The minimum Gasteiger partial charge on any atom is -0.491 e. The van der Waals surface area contributed by atoms with Crippen LogP contribution in [0.1, 0.15) is 86.5 Å². The van der Waals surface area contributed by atoms with Gasteiger partial charge in [-0.15, -0.1) is 0 Å². The van der Waals surface area contributed by atoms with E-state index in [4.69, 9.17) is 9.47 Å². The molecule has 28 heavy (non-hydrogen) atoms. The van der Waals surface area contributed by atoms with Crippen LogP contribution in [0.2, 0.25) is 0 Å². The normalized spacial score (nSPS) is 30.0. The van der Waals surface area contributed by atoms with Crippen molar-refractivity contribution in [2.24, 2.45) is 23.7 Å². The molecule has 5 rings (SSSR count).